The van der Waals surface area contributed by atoms with Crippen LogP contribution in [-0.4, -0.2) is 35.4 Å². The number of aliphatic carboxylic acids is 1. The van der Waals surface area contributed by atoms with E-state index in [-0.39, 0.29) is 37.6 Å². The Balaban J connectivity index is -0.00000242. The van der Waals surface area contributed by atoms with Gasteiger partial charge in [0.15, 0.2) is 0 Å². The molecule has 0 aliphatic heterocycles. The molecule has 0 bridgehead atoms. The summed E-state index contributed by atoms with van der Waals surface area (Å²) in [5.41, 5.74) is 0. The third kappa shape index (κ3) is 18.7. The van der Waals surface area contributed by atoms with Gasteiger partial charge in [-0.1, -0.05) is 90.4 Å². The SMILES string of the molecule is CCCCCCCCCCCCCCCCN[C@@H](CO)C(=O)O.[H-].[Na+]. The molecule has 0 amide bonds. The van der Waals surface area contributed by atoms with Crippen LogP contribution in [0.25, 0.3) is 0 Å². The summed E-state index contributed by atoms with van der Waals surface area (Å²) in [6.07, 6.45) is 18.5. The molecular weight excluding hydrogens is 313 g/mol. The number of hydrogen-bond acceptors (Lipinski definition) is 3. The molecule has 3 N–H and O–H groups in total. The fourth-order valence-corrected chi connectivity index (χ4v) is 2.83. The Kier molecular flexibility index (Phi) is 23.8. The molecule has 0 rings (SSSR count). The van der Waals surface area contributed by atoms with Gasteiger partial charge in [0.1, 0.15) is 6.04 Å². The molecule has 0 radical (unpaired) electrons. The minimum absolute atomic E-state index is 0. The largest absolute Gasteiger partial charge is 1.00 e. The van der Waals surface area contributed by atoms with Gasteiger partial charge in [-0.15, -0.1) is 0 Å². The molecule has 0 spiro atoms. The number of carboxylic acids is 1. The maximum absolute atomic E-state index is 10.7. The molecule has 24 heavy (non-hydrogen) atoms. The van der Waals surface area contributed by atoms with Crippen molar-refractivity contribution in [2.45, 2.75) is 103 Å². The van der Waals surface area contributed by atoms with Crippen LogP contribution >= 0.6 is 0 Å². The summed E-state index contributed by atoms with van der Waals surface area (Å²) in [5.74, 6) is -0.974. The fraction of sp³-hybridized carbons (Fsp3) is 0.947. The van der Waals surface area contributed by atoms with Crippen molar-refractivity contribution in [1.29, 1.82) is 0 Å². The van der Waals surface area contributed by atoms with E-state index in [1.807, 2.05) is 0 Å². The van der Waals surface area contributed by atoms with Gasteiger partial charge in [0.25, 0.3) is 0 Å². The number of aliphatic hydroxyl groups excluding tert-OH is 1. The number of carboxylic acid groups (broad SMARTS) is 1. The zero-order valence-corrected chi connectivity index (χ0v) is 18.2. The number of aliphatic hydroxyl groups is 1. The van der Waals surface area contributed by atoms with Crippen LogP contribution in [0.15, 0.2) is 0 Å². The van der Waals surface area contributed by atoms with Crippen LogP contribution in [0.2, 0.25) is 0 Å². The Morgan fingerprint density at radius 1 is 0.833 bits per heavy atom. The molecule has 0 unspecified atom stereocenters. The van der Waals surface area contributed by atoms with Crippen molar-refractivity contribution in [3.05, 3.63) is 0 Å². The molecule has 4 nitrogen and oxygen atoms in total. The zero-order chi connectivity index (χ0) is 17.2. The van der Waals surface area contributed by atoms with E-state index in [0.29, 0.717) is 6.54 Å². The molecule has 0 saturated heterocycles. The minimum atomic E-state index is -0.974. The Bertz CT molecular complexity index is 271. The van der Waals surface area contributed by atoms with E-state index in [9.17, 15) is 4.79 Å². The fourth-order valence-electron chi connectivity index (χ4n) is 2.83. The third-order valence-corrected chi connectivity index (χ3v) is 4.40. The first-order valence-corrected chi connectivity index (χ1v) is 9.79. The maximum Gasteiger partial charge on any atom is 1.00 e. The van der Waals surface area contributed by atoms with Gasteiger partial charge < -0.3 is 17.0 Å². The number of hydrogen-bond donors (Lipinski definition) is 3. The summed E-state index contributed by atoms with van der Waals surface area (Å²) >= 11 is 0. The van der Waals surface area contributed by atoms with Gasteiger partial charge >= 0.3 is 35.5 Å². The van der Waals surface area contributed by atoms with Gasteiger partial charge in [-0.25, -0.2) is 0 Å². The maximum atomic E-state index is 10.7. The normalized spacial score (nSPS) is 11.9. The van der Waals surface area contributed by atoms with Gasteiger partial charge in [0, 0.05) is 0 Å². The number of nitrogens with one attached hydrogen (secondary N) is 1. The first kappa shape index (κ1) is 26.6. The Morgan fingerprint density at radius 3 is 1.54 bits per heavy atom. The monoisotopic (exact) mass is 353 g/mol. The second-order valence-corrected chi connectivity index (χ2v) is 6.62. The predicted octanol–water partition coefficient (Wildman–Crippen LogP) is 1.62. The predicted molar refractivity (Wildman–Crippen MR) is 97.9 cm³/mol. The molecule has 0 aromatic heterocycles. The standard InChI is InChI=1S/C19H39NO3.Na.H/c1-2-3-4-5-6-7-8-9-10-11-12-13-14-15-16-20-18(17-21)19(22)23;;/h18,20-21H,2-17H2,1H3,(H,22,23);;/q;+1;-1/t18-;;/m0../s1. The molecule has 0 heterocycles. The molecular formula is C19H40NNaO3. The molecule has 0 aliphatic rings. The average molecular weight is 354 g/mol. The topological polar surface area (TPSA) is 69.6 Å². The van der Waals surface area contributed by atoms with E-state index in [1.54, 1.807) is 0 Å². The third-order valence-electron chi connectivity index (χ3n) is 4.40. The van der Waals surface area contributed by atoms with Gasteiger partial charge in [-0.05, 0) is 13.0 Å². The minimum Gasteiger partial charge on any atom is -1.00 e. The number of rotatable bonds is 18. The molecule has 0 saturated carbocycles. The van der Waals surface area contributed by atoms with Crippen molar-refractivity contribution in [1.82, 2.24) is 5.32 Å². The van der Waals surface area contributed by atoms with E-state index < -0.39 is 12.0 Å². The number of unbranched alkanes of at least 4 members (excludes halogenated alkanes) is 13. The Labute approximate surface area is 173 Å². The van der Waals surface area contributed by atoms with E-state index in [1.165, 1.54) is 77.0 Å². The molecule has 140 valence electrons. The van der Waals surface area contributed by atoms with Crippen molar-refractivity contribution < 1.29 is 46.0 Å². The van der Waals surface area contributed by atoms with Crippen LogP contribution in [0.4, 0.5) is 0 Å². The van der Waals surface area contributed by atoms with E-state index in [4.69, 9.17) is 10.2 Å². The van der Waals surface area contributed by atoms with Gasteiger partial charge in [-0.3, -0.25) is 4.79 Å². The van der Waals surface area contributed by atoms with Crippen molar-refractivity contribution in [3.63, 3.8) is 0 Å². The summed E-state index contributed by atoms with van der Waals surface area (Å²) in [7, 11) is 0. The summed E-state index contributed by atoms with van der Waals surface area (Å²) in [4.78, 5) is 10.7. The summed E-state index contributed by atoms with van der Waals surface area (Å²) in [5, 5.41) is 20.5. The zero-order valence-electron chi connectivity index (χ0n) is 17.2. The van der Waals surface area contributed by atoms with Crippen LogP contribution in [0.3, 0.4) is 0 Å². The summed E-state index contributed by atoms with van der Waals surface area (Å²) in [6, 6.07) is -0.808. The van der Waals surface area contributed by atoms with E-state index in [0.717, 1.165) is 12.8 Å². The summed E-state index contributed by atoms with van der Waals surface area (Å²) in [6.45, 7) is 2.60. The van der Waals surface area contributed by atoms with Crippen LogP contribution in [0.1, 0.15) is 98.2 Å². The molecule has 0 aromatic carbocycles. The van der Waals surface area contributed by atoms with Gasteiger partial charge in [0.05, 0.1) is 6.61 Å². The van der Waals surface area contributed by atoms with Crippen LogP contribution in [0, 0.1) is 0 Å². The van der Waals surface area contributed by atoms with Crippen molar-refractivity contribution in [2.75, 3.05) is 13.2 Å². The average Bonchev–Trinajstić information content (AvgIpc) is 2.54. The van der Waals surface area contributed by atoms with Crippen molar-refractivity contribution in [3.8, 4) is 0 Å². The number of carbonyl (C=O) groups is 1. The van der Waals surface area contributed by atoms with Crippen LogP contribution in [0.5, 0.6) is 0 Å². The van der Waals surface area contributed by atoms with E-state index >= 15 is 0 Å². The molecule has 0 aromatic rings. The smallest absolute Gasteiger partial charge is 1.00 e. The van der Waals surface area contributed by atoms with Crippen molar-refractivity contribution in [2.24, 2.45) is 0 Å². The first-order valence-electron chi connectivity index (χ1n) is 9.79. The molecule has 0 aliphatic carbocycles. The molecule has 1 atom stereocenters. The van der Waals surface area contributed by atoms with Gasteiger partial charge in [-0.2, -0.15) is 0 Å². The molecule has 0 fully saturated rings. The van der Waals surface area contributed by atoms with Crippen LogP contribution < -0.4 is 34.9 Å². The second kappa shape index (κ2) is 21.4. The molecule has 5 heteroatoms. The Hall–Kier alpha value is 0.390. The second-order valence-electron chi connectivity index (χ2n) is 6.62. The van der Waals surface area contributed by atoms with E-state index in [2.05, 4.69) is 12.2 Å². The summed E-state index contributed by atoms with van der Waals surface area (Å²) < 4.78 is 0. The van der Waals surface area contributed by atoms with Crippen LogP contribution in [-0.2, 0) is 4.79 Å². The first-order chi connectivity index (χ1) is 11.2. The quantitative estimate of drug-likeness (QED) is 0.259. The van der Waals surface area contributed by atoms with Crippen molar-refractivity contribution >= 4 is 5.97 Å². The Morgan fingerprint density at radius 2 is 1.21 bits per heavy atom. The van der Waals surface area contributed by atoms with Gasteiger partial charge in [0.2, 0.25) is 0 Å².